The number of anilines is 2. The van der Waals surface area contributed by atoms with E-state index in [1.165, 1.54) is 5.56 Å². The molecule has 0 bridgehead atoms. The minimum atomic E-state index is 0.680. The number of nitrogens with two attached hydrogens (primary N) is 1. The molecule has 2 heterocycles. The Morgan fingerprint density at radius 2 is 1.86 bits per heavy atom. The number of hydrogen-bond donors (Lipinski definition) is 2. The lowest BCUT2D eigenvalue weighted by atomic mass is 10.1. The number of fused-ring (bicyclic) bond motifs is 1. The number of benzene rings is 1. The number of nitrogen functional groups attached to an aromatic ring is 1. The van der Waals surface area contributed by atoms with E-state index in [1.54, 1.807) is 6.20 Å². The number of hydrogen-bond acceptors (Lipinski definition) is 4. The van der Waals surface area contributed by atoms with Crippen molar-refractivity contribution in [1.29, 1.82) is 0 Å². The second-order valence-electron chi connectivity index (χ2n) is 4.92. The first-order valence-electron chi connectivity index (χ1n) is 7.09. The van der Waals surface area contributed by atoms with Crippen LogP contribution in [0.25, 0.3) is 10.9 Å². The van der Waals surface area contributed by atoms with Crippen LogP contribution in [0.15, 0.2) is 48.8 Å². The third kappa shape index (κ3) is 2.65. The Bertz CT molecular complexity index is 768. The zero-order chi connectivity index (χ0) is 14.7. The molecule has 0 aliphatic heterocycles. The van der Waals surface area contributed by atoms with Crippen LogP contribution in [0.4, 0.5) is 11.4 Å². The number of aryl methyl sites for hydroxylation is 1. The number of nitrogens with zero attached hydrogens (tertiary/aromatic N) is 2. The Balaban J connectivity index is 1.91. The minimum Gasteiger partial charge on any atom is -0.398 e. The van der Waals surface area contributed by atoms with E-state index in [0.29, 0.717) is 6.54 Å². The molecule has 21 heavy (non-hydrogen) atoms. The molecule has 4 heteroatoms. The molecule has 0 fully saturated rings. The lowest BCUT2D eigenvalue weighted by molar-refractivity contribution is 0.972. The minimum absolute atomic E-state index is 0.680. The zero-order valence-electron chi connectivity index (χ0n) is 12.0. The van der Waals surface area contributed by atoms with E-state index < -0.39 is 0 Å². The molecule has 0 amide bonds. The van der Waals surface area contributed by atoms with E-state index >= 15 is 0 Å². The van der Waals surface area contributed by atoms with Crippen molar-refractivity contribution in [2.45, 2.75) is 19.9 Å². The highest BCUT2D eigenvalue weighted by Crippen LogP contribution is 2.26. The maximum absolute atomic E-state index is 6.00. The molecule has 1 aromatic carbocycles. The van der Waals surface area contributed by atoms with Crippen LogP contribution in [0.3, 0.4) is 0 Å². The number of aromatic nitrogens is 2. The van der Waals surface area contributed by atoms with Gasteiger partial charge in [0.05, 0.1) is 23.4 Å². The summed E-state index contributed by atoms with van der Waals surface area (Å²) in [6, 6.07) is 11.9. The summed E-state index contributed by atoms with van der Waals surface area (Å²) >= 11 is 0. The van der Waals surface area contributed by atoms with Gasteiger partial charge in [0.2, 0.25) is 0 Å². The fourth-order valence-electron chi connectivity index (χ4n) is 2.47. The van der Waals surface area contributed by atoms with Gasteiger partial charge in [-0.05, 0) is 42.3 Å². The summed E-state index contributed by atoms with van der Waals surface area (Å²) in [6.07, 6.45) is 4.59. The van der Waals surface area contributed by atoms with Crippen LogP contribution < -0.4 is 11.1 Å². The highest BCUT2D eigenvalue weighted by Gasteiger charge is 2.06. The first-order valence-corrected chi connectivity index (χ1v) is 7.09. The van der Waals surface area contributed by atoms with E-state index in [-0.39, 0.29) is 0 Å². The molecular formula is C17H18N4. The van der Waals surface area contributed by atoms with E-state index in [9.17, 15) is 0 Å². The normalized spacial score (nSPS) is 10.7. The largest absolute Gasteiger partial charge is 0.398 e. The molecule has 0 saturated carbocycles. The first-order chi connectivity index (χ1) is 10.3. The van der Waals surface area contributed by atoms with Gasteiger partial charge < -0.3 is 11.1 Å². The molecule has 0 saturated heterocycles. The number of pyridine rings is 2. The van der Waals surface area contributed by atoms with Gasteiger partial charge in [0.25, 0.3) is 0 Å². The second kappa shape index (κ2) is 5.79. The van der Waals surface area contributed by atoms with Gasteiger partial charge in [-0.15, -0.1) is 0 Å². The molecule has 0 aliphatic rings. The predicted octanol–water partition coefficient (Wildman–Crippen LogP) is 3.39. The average Bonchev–Trinajstić information content (AvgIpc) is 2.55. The van der Waals surface area contributed by atoms with Crippen LogP contribution in [0.1, 0.15) is 18.2 Å². The van der Waals surface area contributed by atoms with Gasteiger partial charge in [0.1, 0.15) is 0 Å². The predicted molar refractivity (Wildman–Crippen MR) is 87.1 cm³/mol. The molecule has 0 unspecified atom stereocenters. The van der Waals surface area contributed by atoms with Crippen molar-refractivity contribution in [3.63, 3.8) is 0 Å². The summed E-state index contributed by atoms with van der Waals surface area (Å²) in [5.74, 6) is 0. The molecule has 0 atom stereocenters. The molecule has 4 nitrogen and oxygen atoms in total. The average molecular weight is 278 g/mol. The van der Waals surface area contributed by atoms with Gasteiger partial charge in [-0.1, -0.05) is 13.0 Å². The van der Waals surface area contributed by atoms with Crippen molar-refractivity contribution in [2.75, 3.05) is 11.1 Å². The summed E-state index contributed by atoms with van der Waals surface area (Å²) in [5.41, 5.74) is 11.0. The number of rotatable bonds is 4. The monoisotopic (exact) mass is 278 g/mol. The molecular weight excluding hydrogens is 260 g/mol. The van der Waals surface area contributed by atoms with E-state index in [2.05, 4.69) is 28.3 Å². The summed E-state index contributed by atoms with van der Waals surface area (Å²) in [7, 11) is 0. The van der Waals surface area contributed by atoms with Crippen molar-refractivity contribution in [3.05, 3.63) is 60.0 Å². The standard InChI is InChI=1S/C17H18N4/c1-2-12-5-3-9-19-16(12)11-21-15-8-7-14(18)13-6-4-10-20-17(13)15/h3-10,21H,2,11,18H2,1H3. The van der Waals surface area contributed by atoms with Gasteiger partial charge in [-0.3, -0.25) is 9.97 Å². The quantitative estimate of drug-likeness (QED) is 0.718. The second-order valence-corrected chi connectivity index (χ2v) is 4.92. The number of nitrogens with one attached hydrogen (secondary N) is 1. The first kappa shape index (κ1) is 13.4. The van der Waals surface area contributed by atoms with Crippen molar-refractivity contribution in [1.82, 2.24) is 9.97 Å². The molecule has 2 aromatic heterocycles. The third-order valence-corrected chi connectivity index (χ3v) is 3.62. The van der Waals surface area contributed by atoms with E-state index in [1.807, 2.05) is 36.5 Å². The highest BCUT2D eigenvalue weighted by atomic mass is 14.9. The van der Waals surface area contributed by atoms with Crippen LogP contribution in [-0.4, -0.2) is 9.97 Å². The molecule has 0 aliphatic carbocycles. The molecule has 3 N–H and O–H groups in total. The molecule has 106 valence electrons. The maximum atomic E-state index is 6.00. The fourth-order valence-corrected chi connectivity index (χ4v) is 2.47. The summed E-state index contributed by atoms with van der Waals surface area (Å²) in [6.45, 7) is 2.82. The molecule has 0 spiro atoms. The third-order valence-electron chi connectivity index (χ3n) is 3.62. The van der Waals surface area contributed by atoms with Crippen LogP contribution in [0, 0.1) is 0 Å². The summed E-state index contributed by atoms with van der Waals surface area (Å²) < 4.78 is 0. The fraction of sp³-hybridized carbons (Fsp3) is 0.176. The van der Waals surface area contributed by atoms with Crippen molar-refractivity contribution < 1.29 is 0 Å². The van der Waals surface area contributed by atoms with Crippen molar-refractivity contribution in [3.8, 4) is 0 Å². The van der Waals surface area contributed by atoms with Gasteiger partial charge in [-0.25, -0.2) is 0 Å². The Hall–Kier alpha value is -2.62. The van der Waals surface area contributed by atoms with Gasteiger partial charge in [0.15, 0.2) is 0 Å². The SMILES string of the molecule is CCc1cccnc1CNc1ccc(N)c2cccnc12. The Morgan fingerprint density at radius 1 is 1.05 bits per heavy atom. The highest BCUT2D eigenvalue weighted by molar-refractivity contribution is 5.98. The molecule has 3 aromatic rings. The zero-order valence-corrected chi connectivity index (χ0v) is 12.0. The van der Waals surface area contributed by atoms with Crippen LogP contribution >= 0.6 is 0 Å². The van der Waals surface area contributed by atoms with E-state index in [4.69, 9.17) is 5.73 Å². The van der Waals surface area contributed by atoms with E-state index in [0.717, 1.165) is 34.4 Å². The maximum Gasteiger partial charge on any atom is 0.0953 e. The van der Waals surface area contributed by atoms with Crippen LogP contribution in [0.5, 0.6) is 0 Å². The summed E-state index contributed by atoms with van der Waals surface area (Å²) in [4.78, 5) is 8.89. The van der Waals surface area contributed by atoms with Gasteiger partial charge in [0, 0.05) is 23.5 Å². The molecule has 3 rings (SSSR count). The Labute approximate surface area is 124 Å². The van der Waals surface area contributed by atoms with Gasteiger partial charge >= 0.3 is 0 Å². The lowest BCUT2D eigenvalue weighted by Gasteiger charge is -2.12. The summed E-state index contributed by atoms with van der Waals surface area (Å²) in [5, 5.41) is 4.40. The van der Waals surface area contributed by atoms with Crippen molar-refractivity contribution >= 4 is 22.3 Å². The van der Waals surface area contributed by atoms with Crippen molar-refractivity contribution in [2.24, 2.45) is 0 Å². The van der Waals surface area contributed by atoms with Gasteiger partial charge in [-0.2, -0.15) is 0 Å². The Kier molecular flexibility index (Phi) is 3.69. The van der Waals surface area contributed by atoms with Crippen LogP contribution in [-0.2, 0) is 13.0 Å². The Morgan fingerprint density at radius 3 is 2.71 bits per heavy atom. The lowest BCUT2D eigenvalue weighted by Crippen LogP contribution is -2.06. The topological polar surface area (TPSA) is 63.8 Å². The molecule has 0 radical (unpaired) electrons. The van der Waals surface area contributed by atoms with Crippen LogP contribution in [0.2, 0.25) is 0 Å². The smallest absolute Gasteiger partial charge is 0.0953 e.